The van der Waals surface area contributed by atoms with Crippen molar-refractivity contribution in [2.45, 2.75) is 252 Å². The Balaban J connectivity index is 4.35. The lowest BCUT2D eigenvalue weighted by molar-refractivity contribution is -0.167. The molecule has 0 spiro atoms. The number of carbonyl (C=O) groups excluding carboxylic acids is 3. The van der Waals surface area contributed by atoms with E-state index in [2.05, 4.69) is 57.2 Å². The molecule has 0 saturated heterocycles. The third-order valence-corrected chi connectivity index (χ3v) is 10.3. The Kier molecular flexibility index (Phi) is 43.4. The molecule has 0 aromatic carbocycles. The highest BCUT2D eigenvalue weighted by Gasteiger charge is 2.19. The van der Waals surface area contributed by atoms with Gasteiger partial charge in [0.1, 0.15) is 13.2 Å². The van der Waals surface area contributed by atoms with Gasteiger partial charge in [-0.1, -0.05) is 192 Å². The topological polar surface area (TPSA) is 78.9 Å². The summed E-state index contributed by atoms with van der Waals surface area (Å²) in [6.07, 6.45) is 51.3. The second-order valence-electron chi connectivity index (χ2n) is 16.0. The van der Waals surface area contributed by atoms with E-state index >= 15 is 0 Å². The third-order valence-electron chi connectivity index (χ3n) is 10.3. The maximum absolute atomic E-state index is 12.7. The summed E-state index contributed by atoms with van der Waals surface area (Å²) >= 11 is 0. The molecule has 0 aliphatic heterocycles. The zero-order valence-corrected chi connectivity index (χ0v) is 37.2. The molecule has 0 fully saturated rings. The average molecular weight is 787 g/mol. The van der Waals surface area contributed by atoms with E-state index in [-0.39, 0.29) is 31.1 Å². The first-order valence-electron chi connectivity index (χ1n) is 24.0. The molecule has 0 rings (SSSR count). The molecular formula is C50H90O6. The highest BCUT2D eigenvalue weighted by molar-refractivity contribution is 5.71. The molecule has 0 saturated carbocycles. The van der Waals surface area contributed by atoms with Gasteiger partial charge in [0.05, 0.1) is 0 Å². The summed E-state index contributed by atoms with van der Waals surface area (Å²) in [7, 11) is 0. The van der Waals surface area contributed by atoms with Gasteiger partial charge in [0.25, 0.3) is 0 Å². The molecule has 0 aliphatic rings. The van der Waals surface area contributed by atoms with E-state index in [1.807, 2.05) is 0 Å². The normalized spacial score (nSPS) is 12.3. The lowest BCUT2D eigenvalue weighted by atomic mass is 10.1. The Bertz CT molecular complexity index is 953. The van der Waals surface area contributed by atoms with Gasteiger partial charge < -0.3 is 14.2 Å². The van der Waals surface area contributed by atoms with Crippen molar-refractivity contribution in [1.82, 2.24) is 0 Å². The van der Waals surface area contributed by atoms with Gasteiger partial charge >= 0.3 is 17.9 Å². The van der Waals surface area contributed by atoms with Gasteiger partial charge in [-0.05, 0) is 70.6 Å². The molecule has 0 amide bonds. The molecule has 56 heavy (non-hydrogen) atoms. The van der Waals surface area contributed by atoms with Crippen LogP contribution in [0.5, 0.6) is 0 Å². The van der Waals surface area contributed by atoms with Gasteiger partial charge in [-0.3, -0.25) is 14.4 Å². The summed E-state index contributed by atoms with van der Waals surface area (Å²) in [5.41, 5.74) is 0. The van der Waals surface area contributed by atoms with E-state index in [0.717, 1.165) is 96.3 Å². The molecule has 0 aromatic rings. The van der Waals surface area contributed by atoms with Crippen LogP contribution in [-0.4, -0.2) is 37.2 Å². The van der Waals surface area contributed by atoms with Crippen LogP contribution < -0.4 is 0 Å². The highest BCUT2D eigenvalue weighted by Crippen LogP contribution is 2.14. The van der Waals surface area contributed by atoms with E-state index in [9.17, 15) is 14.4 Å². The number of unbranched alkanes of at least 4 members (excludes halogenated alkanes) is 26. The molecule has 326 valence electrons. The van der Waals surface area contributed by atoms with Crippen molar-refractivity contribution < 1.29 is 28.6 Å². The van der Waals surface area contributed by atoms with Crippen molar-refractivity contribution in [3.63, 3.8) is 0 Å². The highest BCUT2D eigenvalue weighted by atomic mass is 16.6. The second kappa shape index (κ2) is 45.3. The zero-order chi connectivity index (χ0) is 40.8. The molecule has 1 unspecified atom stereocenters. The van der Waals surface area contributed by atoms with Crippen LogP contribution >= 0.6 is 0 Å². The van der Waals surface area contributed by atoms with E-state index < -0.39 is 6.10 Å². The smallest absolute Gasteiger partial charge is 0.306 e. The monoisotopic (exact) mass is 787 g/mol. The summed E-state index contributed by atoms with van der Waals surface area (Å²) in [6.45, 7) is 6.53. The maximum atomic E-state index is 12.7. The fourth-order valence-corrected chi connectivity index (χ4v) is 6.71. The van der Waals surface area contributed by atoms with Gasteiger partial charge in [-0.15, -0.1) is 0 Å². The quantitative estimate of drug-likeness (QED) is 0.0265. The molecule has 6 heteroatoms. The summed E-state index contributed by atoms with van der Waals surface area (Å²) in [6, 6.07) is 0. The lowest BCUT2D eigenvalue weighted by Crippen LogP contribution is -2.30. The average Bonchev–Trinajstić information content (AvgIpc) is 3.19. The Labute approximate surface area is 346 Å². The van der Waals surface area contributed by atoms with Gasteiger partial charge in [0, 0.05) is 19.3 Å². The maximum Gasteiger partial charge on any atom is 0.306 e. The van der Waals surface area contributed by atoms with E-state index in [4.69, 9.17) is 14.2 Å². The molecule has 1 atom stereocenters. The largest absolute Gasteiger partial charge is 0.462 e. The van der Waals surface area contributed by atoms with Crippen molar-refractivity contribution in [1.29, 1.82) is 0 Å². The number of esters is 3. The Morgan fingerprint density at radius 2 is 0.679 bits per heavy atom. The number of carbonyl (C=O) groups is 3. The first kappa shape index (κ1) is 53.6. The van der Waals surface area contributed by atoms with Crippen LogP contribution in [0.15, 0.2) is 36.5 Å². The number of rotatable bonds is 43. The minimum atomic E-state index is -0.777. The molecule has 0 radical (unpaired) electrons. The molecule has 6 nitrogen and oxygen atoms in total. The Morgan fingerprint density at radius 1 is 0.357 bits per heavy atom. The van der Waals surface area contributed by atoms with Crippen LogP contribution in [0.1, 0.15) is 245 Å². The van der Waals surface area contributed by atoms with Crippen LogP contribution in [0.4, 0.5) is 0 Å². The van der Waals surface area contributed by atoms with Crippen molar-refractivity contribution >= 4 is 17.9 Å². The second-order valence-corrected chi connectivity index (χ2v) is 16.0. The van der Waals surface area contributed by atoms with Crippen molar-refractivity contribution in [2.24, 2.45) is 0 Å². The van der Waals surface area contributed by atoms with E-state index in [1.165, 1.54) is 109 Å². The van der Waals surface area contributed by atoms with E-state index in [0.29, 0.717) is 19.3 Å². The van der Waals surface area contributed by atoms with Gasteiger partial charge in [0.15, 0.2) is 6.10 Å². The molecule has 0 N–H and O–H groups in total. The van der Waals surface area contributed by atoms with Crippen LogP contribution in [0.3, 0.4) is 0 Å². The number of hydrogen-bond acceptors (Lipinski definition) is 6. The van der Waals surface area contributed by atoms with Crippen LogP contribution in [0.25, 0.3) is 0 Å². The first-order valence-corrected chi connectivity index (χ1v) is 24.0. The summed E-state index contributed by atoms with van der Waals surface area (Å²) < 4.78 is 16.7. The van der Waals surface area contributed by atoms with Crippen LogP contribution in [0, 0.1) is 0 Å². The Hall–Kier alpha value is -2.37. The summed E-state index contributed by atoms with van der Waals surface area (Å²) in [5, 5.41) is 0. The summed E-state index contributed by atoms with van der Waals surface area (Å²) in [4.78, 5) is 37.7. The first-order chi connectivity index (χ1) is 27.5. The van der Waals surface area contributed by atoms with Gasteiger partial charge in [-0.2, -0.15) is 0 Å². The lowest BCUT2D eigenvalue weighted by Gasteiger charge is -2.18. The van der Waals surface area contributed by atoms with E-state index in [1.54, 1.807) is 0 Å². The predicted molar refractivity (Wildman–Crippen MR) is 238 cm³/mol. The standard InChI is InChI=1S/C50H90O6/c1-4-7-10-13-16-19-21-23-24-25-27-28-31-34-37-40-43-49(52)55-46-47(45-54-48(51)42-39-36-33-30-18-15-12-9-6-3)56-50(53)44-41-38-35-32-29-26-22-20-17-14-11-8-5-2/h11,14,20,22,24-25,47H,4-10,12-13,15-19,21,23,26-46H2,1-3H3/b14-11-,22-20-,25-24-. The molecule has 0 aromatic heterocycles. The SMILES string of the molecule is CCC/C=C\C/C=C\CCCCCCCC(=O)OC(COC(=O)CCCCCCC/C=C\CCCCCCCCC)COC(=O)CCCCCCCCCCC. The summed E-state index contributed by atoms with van der Waals surface area (Å²) in [5.74, 6) is -0.900. The van der Waals surface area contributed by atoms with Crippen LogP contribution in [0.2, 0.25) is 0 Å². The minimum absolute atomic E-state index is 0.0787. The van der Waals surface area contributed by atoms with Crippen molar-refractivity contribution in [2.75, 3.05) is 13.2 Å². The number of hydrogen-bond donors (Lipinski definition) is 0. The molecule has 0 aliphatic carbocycles. The van der Waals surface area contributed by atoms with Crippen molar-refractivity contribution in [3.05, 3.63) is 36.5 Å². The number of ether oxygens (including phenoxy) is 3. The van der Waals surface area contributed by atoms with Gasteiger partial charge in [-0.25, -0.2) is 0 Å². The Morgan fingerprint density at radius 3 is 1.07 bits per heavy atom. The number of allylic oxidation sites excluding steroid dienone is 6. The fraction of sp³-hybridized carbons (Fsp3) is 0.820. The third kappa shape index (κ3) is 42.8. The molecule has 0 heterocycles. The van der Waals surface area contributed by atoms with Gasteiger partial charge in [0.2, 0.25) is 0 Å². The molecular weight excluding hydrogens is 697 g/mol. The predicted octanol–water partition coefficient (Wildman–Crippen LogP) is 15.4. The minimum Gasteiger partial charge on any atom is -0.462 e. The zero-order valence-electron chi connectivity index (χ0n) is 37.2. The molecule has 0 bridgehead atoms. The fourth-order valence-electron chi connectivity index (χ4n) is 6.71. The van der Waals surface area contributed by atoms with Crippen molar-refractivity contribution in [3.8, 4) is 0 Å². The van der Waals surface area contributed by atoms with Crippen LogP contribution in [-0.2, 0) is 28.6 Å².